The van der Waals surface area contributed by atoms with Crippen LogP contribution < -0.4 is 0 Å². The number of amides is 1. The molecule has 30 heavy (non-hydrogen) atoms. The Labute approximate surface area is 177 Å². The first-order valence-corrected chi connectivity index (χ1v) is 10.7. The van der Waals surface area contributed by atoms with Crippen molar-refractivity contribution in [3.63, 3.8) is 0 Å². The highest BCUT2D eigenvalue weighted by Gasteiger charge is 2.41. The Kier molecular flexibility index (Phi) is 5.46. The minimum absolute atomic E-state index is 0.0141. The number of ketones is 1. The van der Waals surface area contributed by atoms with E-state index in [-0.39, 0.29) is 11.5 Å². The van der Waals surface area contributed by atoms with Gasteiger partial charge in [-0.2, -0.15) is 0 Å². The van der Waals surface area contributed by atoms with Crippen molar-refractivity contribution in [2.24, 2.45) is 5.92 Å². The maximum Gasteiger partial charge on any atom is 0.340 e. The van der Waals surface area contributed by atoms with Gasteiger partial charge in [0.05, 0.1) is 22.5 Å². The number of likely N-dealkylation sites (N-methyl/N-ethyl adjacent to an activating group) is 1. The molecule has 7 nitrogen and oxygen atoms in total. The average Bonchev–Trinajstić information content (AvgIpc) is 3.28. The van der Waals surface area contributed by atoms with Crippen LogP contribution in [0.2, 0.25) is 0 Å². The number of carbonyl (C=O) groups excluding carboxylic acids is 2. The summed E-state index contributed by atoms with van der Waals surface area (Å²) in [4.78, 5) is 42.5. The van der Waals surface area contributed by atoms with Crippen molar-refractivity contribution in [3.8, 4) is 0 Å². The minimum atomic E-state index is -1.30. The molecule has 1 amide bonds. The van der Waals surface area contributed by atoms with Gasteiger partial charge in [0.1, 0.15) is 11.4 Å². The number of halogens is 1. The summed E-state index contributed by atoms with van der Waals surface area (Å²) in [6, 6.07) is 3.21. The number of rotatable bonds is 4. The van der Waals surface area contributed by atoms with Crippen molar-refractivity contribution in [2.45, 2.75) is 13.0 Å². The van der Waals surface area contributed by atoms with E-state index < -0.39 is 29.5 Å². The Morgan fingerprint density at radius 1 is 1.23 bits per heavy atom. The molecule has 0 spiro atoms. The van der Waals surface area contributed by atoms with Crippen molar-refractivity contribution < 1.29 is 23.9 Å². The summed E-state index contributed by atoms with van der Waals surface area (Å²) in [6.45, 7) is 4.28. The molecule has 1 aromatic rings. The van der Waals surface area contributed by atoms with Crippen molar-refractivity contribution in [3.05, 3.63) is 57.8 Å². The molecule has 158 valence electrons. The molecule has 2 aliphatic heterocycles. The van der Waals surface area contributed by atoms with Crippen molar-refractivity contribution >= 4 is 29.0 Å². The zero-order valence-electron chi connectivity index (χ0n) is 16.5. The Morgan fingerprint density at radius 2 is 1.97 bits per heavy atom. The smallest absolute Gasteiger partial charge is 0.340 e. The van der Waals surface area contributed by atoms with Gasteiger partial charge in [-0.3, -0.25) is 9.59 Å². The molecule has 1 saturated heterocycles. The maximum absolute atomic E-state index is 14.9. The molecule has 9 heteroatoms. The normalized spacial score (nSPS) is 24.1. The fourth-order valence-corrected chi connectivity index (χ4v) is 4.83. The summed E-state index contributed by atoms with van der Waals surface area (Å²) >= 11 is 1.40. The Hall–Kier alpha value is -2.94. The van der Waals surface area contributed by atoms with Crippen LogP contribution in [0.5, 0.6) is 0 Å². The molecular weight excluding hydrogens is 409 g/mol. The highest BCUT2D eigenvalue weighted by atomic mass is 32.1. The number of nitrogens with zero attached hydrogens (tertiary/aromatic N) is 3. The molecule has 0 aromatic carbocycles. The lowest BCUT2D eigenvalue weighted by atomic mass is 9.82. The largest absolute Gasteiger partial charge is 0.478 e. The SMILES string of the molecule is CCN1C=C(C(=O)O)C(=O)C2C=C(F)C(N3CCN(C(=O)c4cccs4)CC3)=CC21. The standard InChI is InChI=1S/C21H22FN3O4S/c1-2-23-12-14(21(28)29)19(26)13-10-15(22)17(11-16(13)23)24-5-7-25(8-6-24)20(27)18-4-3-9-30-18/h3-4,9-13,16H,2,5-8H2,1H3,(H,28,29). The van der Waals surface area contributed by atoms with Crippen LogP contribution in [0.25, 0.3) is 0 Å². The Morgan fingerprint density at radius 3 is 2.57 bits per heavy atom. The van der Waals surface area contributed by atoms with Crippen LogP contribution in [0.1, 0.15) is 16.6 Å². The number of fused-ring (bicyclic) bond motifs is 1. The van der Waals surface area contributed by atoms with E-state index >= 15 is 0 Å². The lowest BCUT2D eigenvalue weighted by Crippen LogP contribution is -2.50. The van der Waals surface area contributed by atoms with Gasteiger partial charge in [-0.25, -0.2) is 9.18 Å². The number of carboxylic acids is 1. The molecule has 0 bridgehead atoms. The van der Waals surface area contributed by atoms with Crippen molar-refractivity contribution in [2.75, 3.05) is 32.7 Å². The third-order valence-corrected chi connectivity index (χ3v) is 6.61. The van der Waals surface area contributed by atoms with Gasteiger partial charge in [0.25, 0.3) is 5.91 Å². The van der Waals surface area contributed by atoms with Crippen LogP contribution in [0.3, 0.4) is 0 Å². The second-order valence-electron chi connectivity index (χ2n) is 7.38. The lowest BCUT2D eigenvalue weighted by Gasteiger charge is -2.42. The number of hydrogen-bond acceptors (Lipinski definition) is 6. The van der Waals surface area contributed by atoms with Crippen LogP contribution in [-0.2, 0) is 9.59 Å². The van der Waals surface area contributed by atoms with E-state index in [9.17, 15) is 23.9 Å². The number of carboxylic acid groups (broad SMARTS) is 1. The van der Waals surface area contributed by atoms with E-state index in [1.807, 2.05) is 23.3 Å². The number of aliphatic carboxylic acids is 1. The molecular formula is C21H22FN3O4S. The molecule has 3 aliphatic rings. The fourth-order valence-electron chi connectivity index (χ4n) is 4.14. The number of carbonyl (C=O) groups is 3. The summed E-state index contributed by atoms with van der Waals surface area (Å²) < 4.78 is 14.9. The van der Waals surface area contributed by atoms with Crippen molar-refractivity contribution in [1.82, 2.24) is 14.7 Å². The topological polar surface area (TPSA) is 81.2 Å². The molecule has 0 saturated carbocycles. The van der Waals surface area contributed by atoms with E-state index in [0.717, 1.165) is 0 Å². The molecule has 4 rings (SSSR count). The Bertz CT molecular complexity index is 961. The molecule has 2 atom stereocenters. The number of hydrogen-bond donors (Lipinski definition) is 1. The van der Waals surface area contributed by atoms with Crippen LogP contribution >= 0.6 is 11.3 Å². The van der Waals surface area contributed by atoms with Gasteiger partial charge < -0.3 is 19.8 Å². The lowest BCUT2D eigenvalue weighted by molar-refractivity contribution is -0.136. The molecule has 1 N–H and O–H groups in total. The quantitative estimate of drug-likeness (QED) is 0.736. The predicted octanol–water partition coefficient (Wildman–Crippen LogP) is 2.11. The van der Waals surface area contributed by atoms with Gasteiger partial charge >= 0.3 is 5.97 Å². The zero-order valence-corrected chi connectivity index (χ0v) is 17.3. The van der Waals surface area contributed by atoms with Crippen LogP contribution in [0, 0.1) is 5.92 Å². The van der Waals surface area contributed by atoms with Gasteiger partial charge in [-0.1, -0.05) is 6.07 Å². The first kappa shape index (κ1) is 20.3. The number of allylic oxidation sites excluding steroid dienone is 1. The third kappa shape index (κ3) is 3.54. The molecule has 1 fully saturated rings. The number of Topliss-reactive ketones (excluding diaryl/α,β-unsaturated/α-hetero) is 1. The number of piperazine rings is 1. The summed E-state index contributed by atoms with van der Waals surface area (Å²) in [6.07, 6.45) is 4.31. The summed E-state index contributed by atoms with van der Waals surface area (Å²) in [5.41, 5.74) is 0.0811. The van der Waals surface area contributed by atoms with Crippen LogP contribution in [0.15, 0.2) is 53.0 Å². The van der Waals surface area contributed by atoms with Crippen LogP contribution in [-0.4, -0.2) is 76.2 Å². The monoisotopic (exact) mass is 431 g/mol. The van der Waals surface area contributed by atoms with E-state index in [1.54, 1.807) is 21.9 Å². The maximum atomic E-state index is 14.9. The first-order valence-electron chi connectivity index (χ1n) is 9.83. The molecule has 1 aliphatic carbocycles. The van der Waals surface area contributed by atoms with Gasteiger partial charge in [-0.05, 0) is 30.5 Å². The molecule has 1 aromatic heterocycles. The Balaban J connectivity index is 1.52. The van der Waals surface area contributed by atoms with E-state index in [0.29, 0.717) is 43.3 Å². The van der Waals surface area contributed by atoms with Gasteiger partial charge in [-0.15, -0.1) is 11.3 Å². The molecule has 3 heterocycles. The minimum Gasteiger partial charge on any atom is -0.478 e. The summed E-state index contributed by atoms with van der Waals surface area (Å²) in [7, 11) is 0. The zero-order chi connectivity index (χ0) is 21.4. The fraction of sp³-hybridized carbons (Fsp3) is 0.381. The van der Waals surface area contributed by atoms with Gasteiger partial charge in [0.15, 0.2) is 5.78 Å². The van der Waals surface area contributed by atoms with E-state index in [1.165, 1.54) is 23.6 Å². The first-order chi connectivity index (χ1) is 14.4. The predicted molar refractivity (Wildman–Crippen MR) is 109 cm³/mol. The van der Waals surface area contributed by atoms with E-state index in [2.05, 4.69) is 0 Å². The van der Waals surface area contributed by atoms with Crippen LogP contribution in [0.4, 0.5) is 4.39 Å². The van der Waals surface area contributed by atoms with Gasteiger partial charge in [0.2, 0.25) is 0 Å². The summed E-state index contributed by atoms with van der Waals surface area (Å²) in [5.74, 6) is -3.27. The average molecular weight is 431 g/mol. The van der Waals surface area contributed by atoms with E-state index in [4.69, 9.17) is 0 Å². The number of thiophene rings is 1. The van der Waals surface area contributed by atoms with Gasteiger partial charge in [0, 0.05) is 38.9 Å². The molecule has 2 unspecified atom stereocenters. The second kappa shape index (κ2) is 8.06. The third-order valence-electron chi connectivity index (χ3n) is 5.75. The summed E-state index contributed by atoms with van der Waals surface area (Å²) in [5, 5.41) is 11.2. The second-order valence-corrected chi connectivity index (χ2v) is 8.33. The highest BCUT2D eigenvalue weighted by Crippen LogP contribution is 2.35. The van der Waals surface area contributed by atoms with Crippen molar-refractivity contribution in [1.29, 1.82) is 0 Å². The molecule has 0 radical (unpaired) electrons. The highest BCUT2D eigenvalue weighted by molar-refractivity contribution is 7.12.